The number of rotatable bonds is 3. The molecule has 2 rings (SSSR count). The van der Waals surface area contributed by atoms with Crippen LogP contribution in [-0.2, 0) is 4.79 Å². The fourth-order valence-corrected chi connectivity index (χ4v) is 1.96. The van der Waals surface area contributed by atoms with Crippen LogP contribution in [0.3, 0.4) is 0 Å². The van der Waals surface area contributed by atoms with E-state index in [9.17, 15) is 14.0 Å². The summed E-state index contributed by atoms with van der Waals surface area (Å²) < 4.78 is 13.7. The van der Waals surface area contributed by atoms with Crippen LogP contribution in [0.4, 0.5) is 4.39 Å². The third-order valence-corrected chi connectivity index (χ3v) is 3.03. The number of aryl methyl sites for hydroxylation is 1. The maximum absolute atomic E-state index is 13.7. The third kappa shape index (κ3) is 2.67. The molecule has 0 radical (unpaired) electrons. The summed E-state index contributed by atoms with van der Waals surface area (Å²) in [7, 11) is 0. The molecule has 2 amide bonds. The topological polar surface area (TPSA) is 58.2 Å². The van der Waals surface area contributed by atoms with Crippen molar-refractivity contribution in [1.29, 1.82) is 0 Å². The minimum absolute atomic E-state index is 0.00372. The van der Waals surface area contributed by atoms with Gasteiger partial charge in [-0.25, -0.2) is 4.39 Å². The second-order valence-electron chi connectivity index (χ2n) is 4.45. The number of carbonyl (C=O) groups excluding carboxylic acids is 2. The molecule has 2 N–H and O–H groups in total. The zero-order valence-electron chi connectivity index (χ0n) is 10.1. The molecule has 1 heterocycles. The molecule has 1 aliphatic heterocycles. The second-order valence-corrected chi connectivity index (χ2v) is 4.45. The van der Waals surface area contributed by atoms with Crippen molar-refractivity contribution >= 4 is 11.8 Å². The Labute approximate surface area is 105 Å². The van der Waals surface area contributed by atoms with Crippen molar-refractivity contribution in [3.63, 3.8) is 0 Å². The van der Waals surface area contributed by atoms with Crippen molar-refractivity contribution in [2.24, 2.45) is 0 Å². The van der Waals surface area contributed by atoms with E-state index < -0.39 is 11.7 Å². The molecule has 96 valence electrons. The fraction of sp³-hybridized carbons (Fsp3) is 0.385. The van der Waals surface area contributed by atoms with Crippen molar-refractivity contribution in [2.45, 2.75) is 25.8 Å². The summed E-state index contributed by atoms with van der Waals surface area (Å²) >= 11 is 0. The first-order chi connectivity index (χ1) is 8.58. The summed E-state index contributed by atoms with van der Waals surface area (Å²) in [6.07, 6.45) is 1.19. The Hall–Kier alpha value is -1.91. The molecule has 1 aromatic carbocycles. The number of hydrogen-bond acceptors (Lipinski definition) is 2. The summed E-state index contributed by atoms with van der Waals surface area (Å²) in [6, 6.07) is 4.66. The Morgan fingerprint density at radius 2 is 2.33 bits per heavy atom. The summed E-state index contributed by atoms with van der Waals surface area (Å²) in [5, 5.41) is 5.38. The van der Waals surface area contributed by atoms with Gasteiger partial charge in [0.15, 0.2) is 0 Å². The van der Waals surface area contributed by atoms with Crippen LogP contribution in [0.5, 0.6) is 0 Å². The van der Waals surface area contributed by atoms with Crippen molar-refractivity contribution in [2.75, 3.05) is 6.54 Å². The molecule has 5 heteroatoms. The highest BCUT2D eigenvalue weighted by Gasteiger charge is 2.21. The van der Waals surface area contributed by atoms with Gasteiger partial charge in [0.2, 0.25) is 5.91 Å². The van der Waals surface area contributed by atoms with Gasteiger partial charge in [-0.05, 0) is 25.0 Å². The van der Waals surface area contributed by atoms with Gasteiger partial charge in [0.1, 0.15) is 5.82 Å². The van der Waals surface area contributed by atoms with Crippen LogP contribution in [0.15, 0.2) is 18.2 Å². The predicted octanol–water partition coefficient (Wildman–Crippen LogP) is 1.14. The van der Waals surface area contributed by atoms with Gasteiger partial charge < -0.3 is 10.6 Å². The van der Waals surface area contributed by atoms with Crippen molar-refractivity contribution in [3.05, 3.63) is 35.1 Å². The Bertz CT molecular complexity index is 488. The Morgan fingerprint density at radius 3 is 3.00 bits per heavy atom. The van der Waals surface area contributed by atoms with Crippen LogP contribution >= 0.6 is 0 Å². The highest BCUT2D eigenvalue weighted by molar-refractivity contribution is 5.94. The van der Waals surface area contributed by atoms with Crippen LogP contribution in [0.1, 0.15) is 28.8 Å². The molecule has 1 aliphatic rings. The monoisotopic (exact) mass is 250 g/mol. The van der Waals surface area contributed by atoms with Crippen molar-refractivity contribution < 1.29 is 14.0 Å². The Morgan fingerprint density at radius 1 is 1.56 bits per heavy atom. The SMILES string of the molecule is Cc1cccc(C(=O)NCC2CCC(=O)N2)c1F. The Balaban J connectivity index is 1.95. The van der Waals surface area contributed by atoms with E-state index in [1.54, 1.807) is 19.1 Å². The maximum Gasteiger partial charge on any atom is 0.254 e. The average Bonchev–Trinajstić information content (AvgIpc) is 2.76. The zero-order valence-corrected chi connectivity index (χ0v) is 10.1. The standard InChI is InChI=1S/C13H15FN2O2/c1-8-3-2-4-10(12(8)14)13(18)15-7-9-5-6-11(17)16-9/h2-4,9H,5-7H2,1H3,(H,15,18)(H,16,17). The van der Waals surface area contributed by atoms with Crippen molar-refractivity contribution in [1.82, 2.24) is 10.6 Å². The van der Waals surface area contributed by atoms with Crippen LogP contribution in [0, 0.1) is 12.7 Å². The lowest BCUT2D eigenvalue weighted by Crippen LogP contribution is -2.38. The third-order valence-electron chi connectivity index (χ3n) is 3.03. The summed E-state index contributed by atoms with van der Waals surface area (Å²) in [6.45, 7) is 1.95. The second kappa shape index (κ2) is 5.16. The zero-order chi connectivity index (χ0) is 13.1. The van der Waals surface area contributed by atoms with Gasteiger partial charge in [-0.1, -0.05) is 12.1 Å². The summed E-state index contributed by atoms with van der Waals surface area (Å²) in [5.41, 5.74) is 0.483. The van der Waals surface area contributed by atoms with Gasteiger partial charge in [-0.15, -0.1) is 0 Å². The molecule has 1 aromatic rings. The van der Waals surface area contributed by atoms with Crippen LogP contribution in [0.2, 0.25) is 0 Å². The molecule has 1 fully saturated rings. The first kappa shape index (κ1) is 12.5. The first-order valence-electron chi connectivity index (χ1n) is 5.90. The van der Waals surface area contributed by atoms with Crippen LogP contribution in [0.25, 0.3) is 0 Å². The van der Waals surface area contributed by atoms with Crippen LogP contribution < -0.4 is 10.6 Å². The number of benzene rings is 1. The largest absolute Gasteiger partial charge is 0.352 e. The number of amides is 2. The molecule has 0 bridgehead atoms. The Kier molecular flexibility index (Phi) is 3.60. The van der Waals surface area contributed by atoms with Gasteiger partial charge in [0, 0.05) is 19.0 Å². The number of hydrogen-bond donors (Lipinski definition) is 2. The van der Waals surface area contributed by atoms with Gasteiger partial charge in [-0.3, -0.25) is 9.59 Å². The molecule has 0 saturated carbocycles. The number of carbonyl (C=O) groups is 2. The highest BCUT2D eigenvalue weighted by Crippen LogP contribution is 2.12. The van der Waals surface area contributed by atoms with E-state index in [4.69, 9.17) is 0 Å². The molecule has 4 nitrogen and oxygen atoms in total. The van der Waals surface area contributed by atoms with Crippen molar-refractivity contribution in [3.8, 4) is 0 Å². The quantitative estimate of drug-likeness (QED) is 0.845. The highest BCUT2D eigenvalue weighted by atomic mass is 19.1. The molecule has 1 atom stereocenters. The lowest BCUT2D eigenvalue weighted by molar-refractivity contribution is -0.119. The molecule has 18 heavy (non-hydrogen) atoms. The summed E-state index contributed by atoms with van der Waals surface area (Å²) in [4.78, 5) is 22.8. The number of nitrogens with one attached hydrogen (secondary N) is 2. The van der Waals surface area contributed by atoms with E-state index in [2.05, 4.69) is 10.6 Å². The van der Waals surface area contributed by atoms with E-state index in [1.165, 1.54) is 6.07 Å². The van der Waals surface area contributed by atoms with E-state index in [1.807, 2.05) is 0 Å². The minimum atomic E-state index is -0.495. The minimum Gasteiger partial charge on any atom is -0.352 e. The van der Waals surface area contributed by atoms with E-state index in [0.29, 0.717) is 24.9 Å². The number of halogens is 1. The van der Waals surface area contributed by atoms with Gasteiger partial charge in [0.25, 0.3) is 5.91 Å². The lowest BCUT2D eigenvalue weighted by Gasteiger charge is -2.12. The molecule has 0 spiro atoms. The van der Waals surface area contributed by atoms with Gasteiger partial charge >= 0.3 is 0 Å². The van der Waals surface area contributed by atoms with Crippen LogP contribution in [-0.4, -0.2) is 24.4 Å². The van der Waals surface area contributed by atoms with Gasteiger partial charge in [0.05, 0.1) is 5.56 Å². The lowest BCUT2D eigenvalue weighted by atomic mass is 10.1. The predicted molar refractivity (Wildman–Crippen MR) is 64.6 cm³/mol. The fourth-order valence-electron chi connectivity index (χ4n) is 1.96. The average molecular weight is 250 g/mol. The van der Waals surface area contributed by atoms with E-state index in [0.717, 1.165) is 0 Å². The van der Waals surface area contributed by atoms with Gasteiger partial charge in [-0.2, -0.15) is 0 Å². The normalized spacial score (nSPS) is 18.6. The molecule has 0 aromatic heterocycles. The molecule has 1 saturated heterocycles. The molecule has 1 unspecified atom stereocenters. The molecule has 0 aliphatic carbocycles. The summed E-state index contributed by atoms with van der Waals surface area (Å²) in [5.74, 6) is -0.946. The first-order valence-corrected chi connectivity index (χ1v) is 5.90. The van der Waals surface area contributed by atoms with E-state index in [-0.39, 0.29) is 17.5 Å². The maximum atomic E-state index is 13.7. The van der Waals surface area contributed by atoms with E-state index >= 15 is 0 Å². The molecular formula is C13H15FN2O2. The smallest absolute Gasteiger partial charge is 0.254 e. The molecular weight excluding hydrogens is 235 g/mol.